The van der Waals surface area contributed by atoms with Gasteiger partial charge in [0.05, 0.1) is 11.6 Å². The number of anilines is 1. The summed E-state index contributed by atoms with van der Waals surface area (Å²) in [6, 6.07) is 9.93. The second-order valence-corrected chi connectivity index (χ2v) is 7.25. The molecule has 2 aromatic carbocycles. The highest BCUT2D eigenvalue weighted by Crippen LogP contribution is 2.36. The minimum absolute atomic E-state index is 0.313. The number of hydrogen-bond acceptors (Lipinski definition) is 4. The first kappa shape index (κ1) is 18.0. The maximum absolute atomic E-state index is 14.5. The molecule has 5 nitrogen and oxygen atoms in total. The summed E-state index contributed by atoms with van der Waals surface area (Å²) in [6.07, 6.45) is 3.34. The van der Waals surface area contributed by atoms with Crippen LogP contribution < -0.4 is 10.1 Å². The Kier molecular flexibility index (Phi) is 4.88. The smallest absolute Gasteiger partial charge is 0.226 e. The summed E-state index contributed by atoms with van der Waals surface area (Å²) in [5.41, 5.74) is 2.11. The molecule has 3 aromatic rings. The Morgan fingerprint density at radius 1 is 1.30 bits per heavy atom. The Balaban J connectivity index is 1.79. The van der Waals surface area contributed by atoms with Gasteiger partial charge in [-0.3, -0.25) is 0 Å². The minimum Gasteiger partial charge on any atom is -0.492 e. The molecule has 1 aromatic heterocycles. The number of nitrogens with zero attached hydrogens (tertiary/aromatic N) is 3. The molecule has 8 heteroatoms. The summed E-state index contributed by atoms with van der Waals surface area (Å²) >= 11 is 9.73. The highest BCUT2D eigenvalue weighted by molar-refractivity contribution is 9.10. The lowest BCUT2D eigenvalue weighted by atomic mass is 10.0. The van der Waals surface area contributed by atoms with E-state index < -0.39 is 6.04 Å². The third-order valence-corrected chi connectivity index (χ3v) is 5.02. The van der Waals surface area contributed by atoms with Crippen molar-refractivity contribution in [1.29, 1.82) is 0 Å². The molecule has 0 saturated heterocycles. The highest BCUT2D eigenvalue weighted by atomic mass is 79.9. The Hall–Kier alpha value is -2.38. The topological polar surface area (TPSA) is 52.0 Å². The Morgan fingerprint density at radius 2 is 2.15 bits per heavy atom. The van der Waals surface area contributed by atoms with Gasteiger partial charge in [0.2, 0.25) is 5.95 Å². The fourth-order valence-corrected chi connectivity index (χ4v) is 3.62. The molecule has 138 valence electrons. The van der Waals surface area contributed by atoms with Crippen LogP contribution in [0.3, 0.4) is 0 Å². The molecule has 0 aliphatic carbocycles. The van der Waals surface area contributed by atoms with Crippen LogP contribution in [0.2, 0.25) is 5.02 Å². The molecule has 4 rings (SSSR count). The van der Waals surface area contributed by atoms with Gasteiger partial charge in [0, 0.05) is 15.7 Å². The number of rotatable bonds is 4. The van der Waals surface area contributed by atoms with Gasteiger partial charge in [0.25, 0.3) is 0 Å². The monoisotopic (exact) mass is 448 g/mol. The zero-order valence-electron chi connectivity index (χ0n) is 14.3. The molecule has 0 fully saturated rings. The van der Waals surface area contributed by atoms with Crippen LogP contribution in [-0.4, -0.2) is 21.4 Å². The number of aromatic nitrogens is 3. The van der Waals surface area contributed by atoms with Gasteiger partial charge in [-0.25, -0.2) is 9.07 Å². The molecule has 27 heavy (non-hydrogen) atoms. The van der Waals surface area contributed by atoms with Crippen molar-refractivity contribution in [3.63, 3.8) is 0 Å². The first-order chi connectivity index (χ1) is 13.1. The van der Waals surface area contributed by atoms with Gasteiger partial charge in [-0.2, -0.15) is 10.1 Å². The maximum Gasteiger partial charge on any atom is 0.226 e. The molecule has 0 amide bonds. The van der Waals surface area contributed by atoms with Crippen LogP contribution in [0.4, 0.5) is 10.3 Å². The van der Waals surface area contributed by atoms with Crippen molar-refractivity contribution in [3.05, 3.63) is 75.2 Å². The Bertz CT molecular complexity index is 1040. The summed E-state index contributed by atoms with van der Waals surface area (Å²) in [6.45, 7) is 2.44. The van der Waals surface area contributed by atoms with Gasteiger partial charge < -0.3 is 10.1 Å². The van der Waals surface area contributed by atoms with E-state index in [9.17, 15) is 4.39 Å². The first-order valence-corrected chi connectivity index (χ1v) is 9.50. The van der Waals surface area contributed by atoms with Crippen molar-refractivity contribution >= 4 is 39.2 Å². The lowest BCUT2D eigenvalue weighted by Crippen LogP contribution is -2.21. The van der Waals surface area contributed by atoms with Crippen LogP contribution in [0.1, 0.15) is 24.1 Å². The van der Waals surface area contributed by atoms with E-state index in [0.717, 1.165) is 15.7 Å². The average molecular weight is 450 g/mol. The van der Waals surface area contributed by atoms with E-state index in [-0.39, 0.29) is 5.82 Å². The Labute approximate surface area is 169 Å². The number of ether oxygens (including phenoxy) is 1. The molecule has 0 radical (unpaired) electrons. The fourth-order valence-electron chi connectivity index (χ4n) is 3.01. The van der Waals surface area contributed by atoms with Crippen molar-refractivity contribution in [1.82, 2.24) is 14.8 Å². The van der Waals surface area contributed by atoms with Gasteiger partial charge in [-0.05, 0) is 55.0 Å². The largest absolute Gasteiger partial charge is 0.492 e. The number of hydrogen-bond donors (Lipinski definition) is 1. The fraction of sp³-hybridized carbons (Fsp3) is 0.158. The standard InChI is InChI=1S/C19H15BrClFN4O/c1-2-27-18-6-3-11(7-14(18)21)16-9-17(26-19(25-16)23-10-24-26)13-8-12(20)4-5-15(13)22/h3-10,17H,2H2,1H3,(H,23,24,25)/t17-/m1/s1. The maximum atomic E-state index is 14.5. The lowest BCUT2D eigenvalue weighted by molar-refractivity contribution is 0.340. The quantitative estimate of drug-likeness (QED) is 0.588. The zero-order valence-corrected chi connectivity index (χ0v) is 16.6. The number of allylic oxidation sites excluding steroid dienone is 1. The molecule has 2 heterocycles. The summed E-state index contributed by atoms with van der Waals surface area (Å²) in [5.74, 6) is 0.839. The summed E-state index contributed by atoms with van der Waals surface area (Å²) in [4.78, 5) is 4.24. The normalized spacial score (nSPS) is 15.7. The zero-order chi connectivity index (χ0) is 19.0. The number of halogens is 3. The van der Waals surface area contributed by atoms with Crippen LogP contribution in [0.25, 0.3) is 5.70 Å². The second kappa shape index (κ2) is 7.32. The molecule has 1 N–H and O–H groups in total. The predicted octanol–water partition coefficient (Wildman–Crippen LogP) is 5.29. The molecular weight excluding hydrogens is 435 g/mol. The van der Waals surface area contributed by atoms with E-state index >= 15 is 0 Å². The van der Waals surface area contributed by atoms with Crippen LogP contribution in [-0.2, 0) is 0 Å². The van der Waals surface area contributed by atoms with Gasteiger partial charge in [0.15, 0.2) is 0 Å². The summed E-state index contributed by atoms with van der Waals surface area (Å²) < 4.78 is 22.4. The molecular formula is C19H15BrClFN4O. The van der Waals surface area contributed by atoms with Crippen LogP contribution in [0, 0.1) is 5.82 Å². The molecule has 0 bridgehead atoms. The van der Waals surface area contributed by atoms with Crippen molar-refractivity contribution in [3.8, 4) is 5.75 Å². The molecule has 0 unspecified atom stereocenters. The van der Waals surface area contributed by atoms with Gasteiger partial charge in [0.1, 0.15) is 23.9 Å². The molecule has 1 aliphatic heterocycles. The molecule has 0 spiro atoms. The number of fused-ring (bicyclic) bond motifs is 1. The lowest BCUT2D eigenvalue weighted by Gasteiger charge is -2.25. The van der Waals surface area contributed by atoms with Crippen molar-refractivity contribution in [2.45, 2.75) is 13.0 Å². The SMILES string of the molecule is CCOc1ccc(C2=C[C@H](c3cc(Br)ccc3F)n3ncnc3N2)cc1Cl. The summed E-state index contributed by atoms with van der Waals surface area (Å²) in [5, 5.41) is 7.97. The van der Waals surface area contributed by atoms with Gasteiger partial charge >= 0.3 is 0 Å². The van der Waals surface area contributed by atoms with Crippen molar-refractivity contribution < 1.29 is 9.13 Å². The molecule has 1 aliphatic rings. The van der Waals surface area contributed by atoms with Crippen molar-refractivity contribution in [2.24, 2.45) is 0 Å². The van der Waals surface area contributed by atoms with Crippen LogP contribution in [0.5, 0.6) is 5.75 Å². The van der Waals surface area contributed by atoms with Crippen molar-refractivity contribution in [2.75, 3.05) is 11.9 Å². The van der Waals surface area contributed by atoms with Crippen LogP contribution >= 0.6 is 27.5 Å². The van der Waals surface area contributed by atoms with Crippen LogP contribution in [0.15, 0.2) is 53.3 Å². The first-order valence-electron chi connectivity index (χ1n) is 8.33. The van der Waals surface area contributed by atoms with E-state index in [1.807, 2.05) is 31.2 Å². The predicted molar refractivity (Wildman–Crippen MR) is 106 cm³/mol. The number of nitrogens with one attached hydrogen (secondary N) is 1. The van der Waals surface area contributed by atoms with Gasteiger partial charge in [-0.15, -0.1) is 0 Å². The molecule has 0 saturated carbocycles. The third-order valence-electron chi connectivity index (χ3n) is 4.23. The number of benzene rings is 2. The molecule has 1 atom stereocenters. The van der Waals surface area contributed by atoms with E-state index in [4.69, 9.17) is 16.3 Å². The van der Waals surface area contributed by atoms with E-state index in [0.29, 0.717) is 28.9 Å². The second-order valence-electron chi connectivity index (χ2n) is 5.92. The van der Waals surface area contributed by atoms with E-state index in [2.05, 4.69) is 31.3 Å². The summed E-state index contributed by atoms with van der Waals surface area (Å²) in [7, 11) is 0. The van der Waals surface area contributed by atoms with E-state index in [1.54, 1.807) is 16.8 Å². The van der Waals surface area contributed by atoms with E-state index in [1.165, 1.54) is 12.4 Å². The highest BCUT2D eigenvalue weighted by Gasteiger charge is 2.26. The Morgan fingerprint density at radius 3 is 2.93 bits per heavy atom. The van der Waals surface area contributed by atoms with Gasteiger partial charge in [-0.1, -0.05) is 27.5 Å². The average Bonchev–Trinajstić information content (AvgIpc) is 3.13. The third kappa shape index (κ3) is 3.44. The minimum atomic E-state index is -0.443.